The lowest BCUT2D eigenvalue weighted by molar-refractivity contribution is -0.141. The van der Waals surface area contributed by atoms with Crippen LogP contribution in [-0.2, 0) is 12.7 Å². The minimum atomic E-state index is -4.43. The number of hydrogen-bond acceptors (Lipinski definition) is 4. The number of rotatable bonds is 4. The smallest absolute Gasteiger partial charge is 0.309 e. The molecule has 2 aromatic heterocycles. The quantitative estimate of drug-likeness (QED) is 0.933. The zero-order chi connectivity index (χ0) is 15.0. The predicted octanol–water partition coefficient (Wildman–Crippen LogP) is 3.78. The molecule has 3 rings (SSSR count). The second-order valence-corrected chi connectivity index (χ2v) is 6.19. The molecular formula is C14H14F3N3S. The van der Waals surface area contributed by atoms with E-state index in [4.69, 9.17) is 0 Å². The fourth-order valence-electron chi connectivity index (χ4n) is 1.99. The van der Waals surface area contributed by atoms with Gasteiger partial charge in [-0.15, -0.1) is 11.3 Å². The van der Waals surface area contributed by atoms with Crippen molar-refractivity contribution in [3.63, 3.8) is 0 Å². The van der Waals surface area contributed by atoms with Crippen LogP contribution in [0, 0.1) is 6.92 Å². The number of alkyl halides is 3. The lowest BCUT2D eigenvalue weighted by atomic mass is 10.3. The molecule has 2 heterocycles. The first kappa shape index (κ1) is 14.5. The average molecular weight is 313 g/mol. The van der Waals surface area contributed by atoms with Crippen molar-refractivity contribution in [3.8, 4) is 10.7 Å². The molecule has 0 aromatic carbocycles. The standard InChI is InChI=1S/C14H14F3N3S/c1-8-3-2-4-10(19-8)13-20-12(14(15,16)17)11(21-13)7-18-9-5-6-9/h2-4,9,18H,5-7H2,1H3. The molecule has 2 aromatic rings. The summed E-state index contributed by atoms with van der Waals surface area (Å²) in [6, 6.07) is 5.62. The molecule has 0 unspecified atom stereocenters. The Labute approximate surface area is 124 Å². The summed E-state index contributed by atoms with van der Waals surface area (Å²) in [5, 5.41) is 3.43. The first-order valence-electron chi connectivity index (χ1n) is 6.68. The lowest BCUT2D eigenvalue weighted by Crippen LogP contribution is -2.18. The molecule has 0 bridgehead atoms. The van der Waals surface area contributed by atoms with Crippen LogP contribution in [0.15, 0.2) is 18.2 Å². The summed E-state index contributed by atoms with van der Waals surface area (Å²) in [5.74, 6) is 0. The zero-order valence-corrected chi connectivity index (χ0v) is 12.2. The maximum atomic E-state index is 13.1. The Morgan fingerprint density at radius 1 is 1.29 bits per heavy atom. The van der Waals surface area contributed by atoms with Gasteiger partial charge in [0.2, 0.25) is 0 Å². The van der Waals surface area contributed by atoms with E-state index in [0.717, 1.165) is 29.9 Å². The molecule has 1 aliphatic carbocycles. The van der Waals surface area contributed by atoms with Gasteiger partial charge in [-0.2, -0.15) is 13.2 Å². The van der Waals surface area contributed by atoms with Crippen molar-refractivity contribution in [2.45, 2.75) is 38.5 Å². The molecule has 1 N–H and O–H groups in total. The van der Waals surface area contributed by atoms with Gasteiger partial charge in [-0.25, -0.2) is 4.98 Å². The highest BCUT2D eigenvalue weighted by Gasteiger charge is 2.38. The van der Waals surface area contributed by atoms with Crippen LogP contribution < -0.4 is 5.32 Å². The monoisotopic (exact) mass is 313 g/mol. The van der Waals surface area contributed by atoms with E-state index < -0.39 is 11.9 Å². The van der Waals surface area contributed by atoms with Crippen LogP contribution in [-0.4, -0.2) is 16.0 Å². The molecule has 0 aliphatic heterocycles. The van der Waals surface area contributed by atoms with Crippen LogP contribution >= 0.6 is 11.3 Å². The zero-order valence-electron chi connectivity index (χ0n) is 11.4. The number of thiazole rings is 1. The lowest BCUT2D eigenvalue weighted by Gasteiger charge is -2.06. The third-order valence-corrected chi connectivity index (χ3v) is 4.28. The number of halogens is 3. The number of nitrogens with zero attached hydrogens (tertiary/aromatic N) is 2. The second kappa shape index (κ2) is 5.38. The van der Waals surface area contributed by atoms with Crippen LogP contribution in [0.25, 0.3) is 10.7 Å². The van der Waals surface area contributed by atoms with Gasteiger partial charge in [-0.3, -0.25) is 4.98 Å². The highest BCUT2D eigenvalue weighted by Crippen LogP contribution is 2.37. The molecule has 0 atom stereocenters. The molecule has 3 nitrogen and oxygen atoms in total. The number of aryl methyl sites for hydroxylation is 1. The summed E-state index contributed by atoms with van der Waals surface area (Å²) >= 11 is 1.06. The van der Waals surface area contributed by atoms with Gasteiger partial charge in [0.05, 0.1) is 10.6 Å². The molecule has 7 heteroatoms. The fourth-order valence-corrected chi connectivity index (χ4v) is 2.99. The Kier molecular flexibility index (Phi) is 3.71. The summed E-state index contributed by atoms with van der Waals surface area (Å²) in [6.07, 6.45) is -2.36. The highest BCUT2D eigenvalue weighted by atomic mass is 32.1. The van der Waals surface area contributed by atoms with E-state index in [1.54, 1.807) is 25.1 Å². The van der Waals surface area contributed by atoms with Crippen molar-refractivity contribution in [1.82, 2.24) is 15.3 Å². The van der Waals surface area contributed by atoms with Gasteiger partial charge in [0.25, 0.3) is 0 Å². The van der Waals surface area contributed by atoms with Crippen molar-refractivity contribution in [1.29, 1.82) is 0 Å². The molecule has 1 fully saturated rings. The van der Waals surface area contributed by atoms with Gasteiger partial charge in [0, 0.05) is 18.3 Å². The third-order valence-electron chi connectivity index (χ3n) is 3.20. The molecule has 112 valence electrons. The Morgan fingerprint density at radius 3 is 2.67 bits per heavy atom. The average Bonchev–Trinajstić information content (AvgIpc) is 3.13. The molecule has 0 amide bonds. The molecule has 1 saturated carbocycles. The van der Waals surface area contributed by atoms with Crippen molar-refractivity contribution in [3.05, 3.63) is 34.5 Å². The topological polar surface area (TPSA) is 37.8 Å². The fraction of sp³-hybridized carbons (Fsp3) is 0.429. The highest BCUT2D eigenvalue weighted by molar-refractivity contribution is 7.15. The van der Waals surface area contributed by atoms with Gasteiger partial charge in [0.15, 0.2) is 5.69 Å². The van der Waals surface area contributed by atoms with E-state index in [0.29, 0.717) is 16.7 Å². The Hall–Kier alpha value is -1.47. The molecule has 0 spiro atoms. The molecule has 0 saturated heterocycles. The van der Waals surface area contributed by atoms with Crippen LogP contribution in [0.3, 0.4) is 0 Å². The SMILES string of the molecule is Cc1cccc(-c2nc(C(F)(F)F)c(CNC3CC3)s2)n1. The van der Waals surface area contributed by atoms with E-state index in [-0.39, 0.29) is 11.4 Å². The van der Waals surface area contributed by atoms with Crippen molar-refractivity contribution >= 4 is 11.3 Å². The summed E-state index contributed by atoms with van der Waals surface area (Å²) in [5.41, 5.74) is 0.455. The number of aromatic nitrogens is 2. The first-order valence-corrected chi connectivity index (χ1v) is 7.49. The van der Waals surface area contributed by atoms with E-state index in [1.165, 1.54) is 0 Å². The van der Waals surface area contributed by atoms with E-state index in [1.807, 2.05) is 0 Å². The predicted molar refractivity (Wildman–Crippen MR) is 74.9 cm³/mol. The summed E-state index contributed by atoms with van der Waals surface area (Å²) in [7, 11) is 0. The van der Waals surface area contributed by atoms with Crippen LogP contribution in [0.2, 0.25) is 0 Å². The Morgan fingerprint density at radius 2 is 2.05 bits per heavy atom. The van der Waals surface area contributed by atoms with Crippen LogP contribution in [0.1, 0.15) is 29.1 Å². The van der Waals surface area contributed by atoms with Crippen molar-refractivity contribution < 1.29 is 13.2 Å². The Bertz CT molecular complexity index is 647. The summed E-state index contributed by atoms with van der Waals surface area (Å²) in [4.78, 5) is 8.26. The van der Waals surface area contributed by atoms with E-state index >= 15 is 0 Å². The van der Waals surface area contributed by atoms with Gasteiger partial charge >= 0.3 is 6.18 Å². The van der Waals surface area contributed by atoms with E-state index in [9.17, 15) is 13.2 Å². The van der Waals surface area contributed by atoms with Crippen molar-refractivity contribution in [2.24, 2.45) is 0 Å². The second-order valence-electron chi connectivity index (χ2n) is 5.11. The van der Waals surface area contributed by atoms with Gasteiger partial charge in [0.1, 0.15) is 5.01 Å². The number of nitrogens with one attached hydrogen (secondary N) is 1. The summed E-state index contributed by atoms with van der Waals surface area (Å²) in [6.45, 7) is 2.01. The molecule has 21 heavy (non-hydrogen) atoms. The summed E-state index contributed by atoms with van der Waals surface area (Å²) < 4.78 is 39.3. The number of pyridine rings is 1. The molecule has 0 radical (unpaired) electrons. The maximum Gasteiger partial charge on any atom is 0.434 e. The Balaban J connectivity index is 1.94. The van der Waals surface area contributed by atoms with E-state index in [2.05, 4.69) is 15.3 Å². The van der Waals surface area contributed by atoms with Crippen LogP contribution in [0.4, 0.5) is 13.2 Å². The molecule has 1 aliphatic rings. The third kappa shape index (κ3) is 3.41. The minimum absolute atomic E-state index is 0.211. The van der Waals surface area contributed by atoms with Gasteiger partial charge in [-0.1, -0.05) is 6.07 Å². The normalized spacial score (nSPS) is 15.4. The largest absolute Gasteiger partial charge is 0.434 e. The first-order chi connectivity index (χ1) is 9.93. The van der Waals surface area contributed by atoms with Crippen molar-refractivity contribution in [2.75, 3.05) is 0 Å². The van der Waals surface area contributed by atoms with Gasteiger partial charge < -0.3 is 5.32 Å². The van der Waals surface area contributed by atoms with Gasteiger partial charge in [-0.05, 0) is 31.9 Å². The molecular weight excluding hydrogens is 299 g/mol. The number of hydrogen-bond donors (Lipinski definition) is 1. The minimum Gasteiger partial charge on any atom is -0.309 e. The van der Waals surface area contributed by atoms with Crippen LogP contribution in [0.5, 0.6) is 0 Å². The maximum absolute atomic E-state index is 13.1.